The molecule has 0 radical (unpaired) electrons. The third-order valence-electron chi connectivity index (χ3n) is 3.24. The van der Waals surface area contributed by atoms with Gasteiger partial charge in [0.2, 0.25) is 0 Å². The minimum absolute atomic E-state index is 0.328. The van der Waals surface area contributed by atoms with Crippen LogP contribution < -0.4 is 5.32 Å². The molecule has 2 unspecified atom stereocenters. The van der Waals surface area contributed by atoms with E-state index in [1.807, 2.05) is 0 Å². The smallest absolute Gasteiger partial charge is 0.0453 e. The maximum Gasteiger partial charge on any atom is 0.0453 e. The van der Waals surface area contributed by atoms with Crippen LogP contribution in [0.3, 0.4) is 0 Å². The number of halogens is 1. The Bertz CT molecular complexity index is 524. The summed E-state index contributed by atoms with van der Waals surface area (Å²) in [5.41, 5.74) is 1.33. The fourth-order valence-corrected chi connectivity index (χ4v) is 4.03. The van der Waals surface area contributed by atoms with Crippen LogP contribution >= 0.6 is 27.3 Å². The first-order valence-electron chi connectivity index (χ1n) is 6.76. The van der Waals surface area contributed by atoms with Gasteiger partial charge in [0, 0.05) is 28.0 Å². The summed E-state index contributed by atoms with van der Waals surface area (Å²) in [4.78, 5) is 3.57. The zero-order valence-electron chi connectivity index (χ0n) is 12.1. The quantitative estimate of drug-likeness (QED) is 0.825. The maximum atomic E-state index is 3.75. The highest BCUT2D eigenvalue weighted by atomic mass is 79.9. The summed E-state index contributed by atoms with van der Waals surface area (Å²) >= 11 is 5.41. The molecule has 1 heterocycles. The van der Waals surface area contributed by atoms with Crippen molar-refractivity contribution in [3.63, 3.8) is 0 Å². The molecule has 0 aliphatic heterocycles. The molecule has 108 valence electrons. The fraction of sp³-hybridized carbons (Fsp3) is 0.375. The van der Waals surface area contributed by atoms with Gasteiger partial charge >= 0.3 is 0 Å². The van der Waals surface area contributed by atoms with Gasteiger partial charge in [0.1, 0.15) is 0 Å². The van der Waals surface area contributed by atoms with Crippen LogP contribution in [-0.4, -0.2) is 25.5 Å². The van der Waals surface area contributed by atoms with E-state index in [1.54, 1.807) is 11.3 Å². The minimum Gasteiger partial charge on any atom is -0.308 e. The first kappa shape index (κ1) is 15.7. The van der Waals surface area contributed by atoms with Crippen LogP contribution in [0, 0.1) is 0 Å². The Labute approximate surface area is 133 Å². The lowest BCUT2D eigenvalue weighted by atomic mass is 10.1. The van der Waals surface area contributed by atoms with Crippen molar-refractivity contribution < 1.29 is 0 Å². The third-order valence-corrected chi connectivity index (χ3v) is 5.29. The second-order valence-corrected chi connectivity index (χ2v) is 7.05. The predicted octanol–water partition coefficient (Wildman–Crippen LogP) is 4.46. The average Bonchev–Trinajstić information content (AvgIpc) is 2.85. The van der Waals surface area contributed by atoms with E-state index in [2.05, 4.69) is 88.9 Å². The Kier molecular flexibility index (Phi) is 5.78. The molecule has 2 rings (SSSR count). The summed E-state index contributed by atoms with van der Waals surface area (Å²) < 4.78 is 1.19. The summed E-state index contributed by atoms with van der Waals surface area (Å²) in [5, 5.41) is 5.87. The van der Waals surface area contributed by atoms with E-state index >= 15 is 0 Å². The highest BCUT2D eigenvalue weighted by molar-refractivity contribution is 9.10. The molecular weight excluding hydrogens is 332 g/mol. The van der Waals surface area contributed by atoms with Crippen molar-refractivity contribution in [2.75, 3.05) is 20.6 Å². The normalized spacial score (nSPS) is 14.4. The number of hydrogen-bond donors (Lipinski definition) is 1. The van der Waals surface area contributed by atoms with Crippen molar-refractivity contribution in [2.45, 2.75) is 19.0 Å². The molecule has 1 aromatic carbocycles. The van der Waals surface area contributed by atoms with Crippen LogP contribution in [0.25, 0.3) is 0 Å². The van der Waals surface area contributed by atoms with Crippen LogP contribution in [0.1, 0.15) is 29.4 Å². The van der Waals surface area contributed by atoms with E-state index < -0.39 is 0 Å². The molecule has 1 aromatic heterocycles. The number of hydrogen-bond acceptors (Lipinski definition) is 3. The van der Waals surface area contributed by atoms with Crippen LogP contribution in [-0.2, 0) is 0 Å². The molecule has 20 heavy (non-hydrogen) atoms. The van der Waals surface area contributed by atoms with Gasteiger partial charge in [-0.3, -0.25) is 0 Å². The van der Waals surface area contributed by atoms with E-state index in [1.165, 1.54) is 14.9 Å². The van der Waals surface area contributed by atoms with Gasteiger partial charge in [0.05, 0.1) is 0 Å². The van der Waals surface area contributed by atoms with Gasteiger partial charge in [0.15, 0.2) is 0 Å². The Balaban J connectivity index is 2.14. The zero-order chi connectivity index (χ0) is 14.5. The molecule has 1 N–H and O–H groups in total. The van der Waals surface area contributed by atoms with Crippen LogP contribution in [0.2, 0.25) is 0 Å². The molecular formula is C16H21BrN2S. The molecule has 0 aliphatic carbocycles. The first-order chi connectivity index (χ1) is 9.58. The number of nitrogens with zero attached hydrogens (tertiary/aromatic N) is 1. The summed E-state index contributed by atoms with van der Waals surface area (Å²) in [7, 11) is 4.23. The van der Waals surface area contributed by atoms with Crippen molar-refractivity contribution in [3.8, 4) is 0 Å². The van der Waals surface area contributed by atoms with Crippen LogP contribution in [0.15, 0.2) is 46.3 Å². The van der Waals surface area contributed by atoms with Crippen LogP contribution in [0.5, 0.6) is 0 Å². The zero-order valence-corrected chi connectivity index (χ0v) is 14.5. The highest BCUT2D eigenvalue weighted by Crippen LogP contribution is 2.30. The summed E-state index contributed by atoms with van der Waals surface area (Å²) in [6.07, 6.45) is 0. The van der Waals surface area contributed by atoms with Gasteiger partial charge in [-0.15, -0.1) is 11.3 Å². The van der Waals surface area contributed by atoms with Crippen molar-refractivity contribution >= 4 is 27.3 Å². The first-order valence-corrected chi connectivity index (χ1v) is 8.44. The molecule has 0 bridgehead atoms. The molecule has 2 atom stereocenters. The van der Waals surface area contributed by atoms with Gasteiger partial charge in [0.25, 0.3) is 0 Å². The van der Waals surface area contributed by atoms with E-state index in [4.69, 9.17) is 0 Å². The molecule has 0 aliphatic rings. The standard InChI is InChI=1S/C16H21BrN2S/c1-12(16-14(17)9-10-20-16)18-15(11-19(2)3)13-7-5-4-6-8-13/h4-10,12,15,18H,11H2,1-3H3. The van der Waals surface area contributed by atoms with Crippen molar-refractivity contribution in [3.05, 3.63) is 56.7 Å². The number of nitrogens with one attached hydrogen (secondary N) is 1. The molecule has 0 fully saturated rings. The molecule has 0 saturated carbocycles. The van der Waals surface area contributed by atoms with Gasteiger partial charge in [-0.05, 0) is 54.0 Å². The lowest BCUT2D eigenvalue weighted by Gasteiger charge is -2.26. The maximum absolute atomic E-state index is 3.75. The number of benzene rings is 1. The monoisotopic (exact) mass is 352 g/mol. The fourth-order valence-electron chi connectivity index (χ4n) is 2.30. The summed E-state index contributed by atoms with van der Waals surface area (Å²) in [5.74, 6) is 0. The minimum atomic E-state index is 0.328. The third kappa shape index (κ3) is 4.16. The summed E-state index contributed by atoms with van der Waals surface area (Å²) in [6.45, 7) is 3.21. The highest BCUT2D eigenvalue weighted by Gasteiger charge is 2.18. The topological polar surface area (TPSA) is 15.3 Å². The lowest BCUT2D eigenvalue weighted by Crippen LogP contribution is -2.32. The molecule has 0 spiro atoms. The Morgan fingerprint density at radius 2 is 1.90 bits per heavy atom. The van der Waals surface area contributed by atoms with Gasteiger partial charge < -0.3 is 10.2 Å². The van der Waals surface area contributed by atoms with E-state index in [0.29, 0.717) is 12.1 Å². The van der Waals surface area contributed by atoms with E-state index in [9.17, 15) is 0 Å². The average molecular weight is 353 g/mol. The Morgan fingerprint density at radius 3 is 2.45 bits per heavy atom. The lowest BCUT2D eigenvalue weighted by molar-refractivity contribution is 0.326. The molecule has 0 amide bonds. The van der Waals surface area contributed by atoms with E-state index in [-0.39, 0.29) is 0 Å². The van der Waals surface area contributed by atoms with Crippen molar-refractivity contribution in [1.82, 2.24) is 10.2 Å². The van der Waals surface area contributed by atoms with Gasteiger partial charge in [-0.1, -0.05) is 30.3 Å². The van der Waals surface area contributed by atoms with Crippen LogP contribution in [0.4, 0.5) is 0 Å². The second-order valence-electron chi connectivity index (χ2n) is 5.25. The SMILES string of the molecule is CC(NC(CN(C)C)c1ccccc1)c1sccc1Br. The molecule has 2 aromatic rings. The molecule has 0 saturated heterocycles. The Morgan fingerprint density at radius 1 is 1.20 bits per heavy atom. The predicted molar refractivity (Wildman–Crippen MR) is 91.3 cm³/mol. The number of likely N-dealkylation sites (N-methyl/N-ethyl adjacent to an activating group) is 1. The van der Waals surface area contributed by atoms with Crippen molar-refractivity contribution in [2.24, 2.45) is 0 Å². The second kappa shape index (κ2) is 7.36. The van der Waals surface area contributed by atoms with E-state index in [0.717, 1.165) is 6.54 Å². The summed E-state index contributed by atoms with van der Waals surface area (Å²) in [6, 6.07) is 13.4. The number of rotatable bonds is 6. The Hall–Kier alpha value is -0.680. The number of thiophene rings is 1. The largest absolute Gasteiger partial charge is 0.308 e. The molecule has 2 nitrogen and oxygen atoms in total. The van der Waals surface area contributed by atoms with Gasteiger partial charge in [-0.25, -0.2) is 0 Å². The van der Waals surface area contributed by atoms with Crippen molar-refractivity contribution in [1.29, 1.82) is 0 Å². The van der Waals surface area contributed by atoms with Gasteiger partial charge in [-0.2, -0.15) is 0 Å². The molecule has 4 heteroatoms.